The number of rotatable bonds is 4. The molecule has 0 spiro atoms. The van der Waals surface area contributed by atoms with Crippen LogP contribution in [0, 0.1) is 5.82 Å². The molecule has 0 radical (unpaired) electrons. The zero-order valence-corrected chi connectivity index (χ0v) is 20.1. The lowest BCUT2D eigenvalue weighted by molar-refractivity contribution is -0.131. The Morgan fingerprint density at radius 1 is 1.17 bits per heavy atom. The number of aryl methyl sites for hydroxylation is 2. The molecule has 1 fully saturated rings. The highest BCUT2D eigenvalue weighted by Gasteiger charge is 2.38. The smallest absolute Gasteiger partial charge is 0.266 e. The second-order valence-electron chi connectivity index (χ2n) is 9.52. The van der Waals surface area contributed by atoms with E-state index in [1.807, 2.05) is 4.57 Å². The first-order chi connectivity index (χ1) is 17.2. The SMILES string of the molecule is CC(=O)N1CCC(F)(c2cc3/c(=N/C(C)c4cccc(C(F)F)c4F)nc4n(c3cn2)CCC4)CC1. The largest absolute Gasteiger partial charge is 0.343 e. The van der Waals surface area contributed by atoms with E-state index in [1.165, 1.54) is 19.1 Å². The molecule has 5 rings (SSSR count). The average Bonchev–Trinajstić information content (AvgIpc) is 3.32. The van der Waals surface area contributed by atoms with Gasteiger partial charge in [0.15, 0.2) is 11.2 Å². The number of benzene rings is 1. The molecule has 0 bridgehead atoms. The maximum Gasteiger partial charge on any atom is 0.266 e. The summed E-state index contributed by atoms with van der Waals surface area (Å²) in [6.45, 7) is 4.44. The van der Waals surface area contributed by atoms with Crippen molar-refractivity contribution < 1.29 is 22.4 Å². The van der Waals surface area contributed by atoms with Gasteiger partial charge in [0, 0.05) is 56.8 Å². The molecular formula is C26H27F4N5O. The van der Waals surface area contributed by atoms with Crippen LogP contribution in [0.15, 0.2) is 35.5 Å². The second kappa shape index (κ2) is 9.29. The van der Waals surface area contributed by atoms with E-state index in [0.29, 0.717) is 24.0 Å². The molecule has 0 saturated carbocycles. The Kier molecular flexibility index (Phi) is 6.30. The highest BCUT2D eigenvalue weighted by Crippen LogP contribution is 2.37. The van der Waals surface area contributed by atoms with Crippen LogP contribution in [-0.4, -0.2) is 38.4 Å². The Balaban J connectivity index is 1.61. The van der Waals surface area contributed by atoms with E-state index in [0.717, 1.165) is 36.8 Å². The van der Waals surface area contributed by atoms with Crippen molar-refractivity contribution in [1.29, 1.82) is 0 Å². The predicted octanol–water partition coefficient (Wildman–Crippen LogP) is 4.92. The molecule has 4 heterocycles. The van der Waals surface area contributed by atoms with Crippen LogP contribution in [0.3, 0.4) is 0 Å². The molecule has 190 valence electrons. The van der Waals surface area contributed by atoms with E-state index in [2.05, 4.69) is 9.98 Å². The number of nitrogens with zero attached hydrogens (tertiary/aromatic N) is 5. The molecule has 0 aliphatic carbocycles. The lowest BCUT2D eigenvalue weighted by atomic mass is 9.89. The van der Waals surface area contributed by atoms with Gasteiger partial charge in [-0.3, -0.25) is 14.8 Å². The lowest BCUT2D eigenvalue weighted by Crippen LogP contribution is -2.42. The van der Waals surface area contributed by atoms with Crippen LogP contribution in [0.5, 0.6) is 0 Å². The number of likely N-dealkylation sites (tertiary alicyclic amines) is 1. The quantitative estimate of drug-likeness (QED) is 0.477. The maximum atomic E-state index is 16.0. The number of carbonyl (C=O) groups excluding carboxylic acids is 1. The topological polar surface area (TPSA) is 63.4 Å². The van der Waals surface area contributed by atoms with Gasteiger partial charge in [-0.05, 0) is 19.4 Å². The van der Waals surface area contributed by atoms with E-state index < -0.39 is 29.5 Å². The van der Waals surface area contributed by atoms with Gasteiger partial charge in [-0.25, -0.2) is 22.5 Å². The number of amides is 1. The molecular weight excluding hydrogens is 474 g/mol. The summed E-state index contributed by atoms with van der Waals surface area (Å²) < 4.78 is 59.3. The molecule has 1 aromatic carbocycles. The minimum absolute atomic E-state index is 0.0451. The minimum Gasteiger partial charge on any atom is -0.343 e. The summed E-state index contributed by atoms with van der Waals surface area (Å²) in [5.74, 6) is -0.265. The Bertz CT molecular complexity index is 1400. The van der Waals surface area contributed by atoms with Crippen molar-refractivity contribution in [2.75, 3.05) is 13.1 Å². The van der Waals surface area contributed by atoms with Crippen molar-refractivity contribution >= 4 is 16.8 Å². The number of fused-ring (bicyclic) bond motifs is 3. The van der Waals surface area contributed by atoms with Gasteiger partial charge in [-0.2, -0.15) is 0 Å². The van der Waals surface area contributed by atoms with E-state index in [4.69, 9.17) is 4.98 Å². The fourth-order valence-electron chi connectivity index (χ4n) is 5.15. The second-order valence-corrected chi connectivity index (χ2v) is 9.52. The third-order valence-electron chi connectivity index (χ3n) is 7.26. The van der Waals surface area contributed by atoms with Gasteiger partial charge < -0.3 is 9.47 Å². The van der Waals surface area contributed by atoms with Gasteiger partial charge >= 0.3 is 0 Å². The molecule has 6 nitrogen and oxygen atoms in total. The van der Waals surface area contributed by atoms with Gasteiger partial charge in [0.1, 0.15) is 11.6 Å². The summed E-state index contributed by atoms with van der Waals surface area (Å²) in [5.41, 5.74) is -1.03. The van der Waals surface area contributed by atoms with Crippen LogP contribution in [0.1, 0.15) is 68.2 Å². The van der Waals surface area contributed by atoms with Crippen LogP contribution >= 0.6 is 0 Å². The molecule has 2 aromatic heterocycles. The first kappa shape index (κ1) is 24.4. The molecule has 2 aliphatic rings. The van der Waals surface area contributed by atoms with E-state index in [-0.39, 0.29) is 30.0 Å². The predicted molar refractivity (Wildman–Crippen MR) is 125 cm³/mol. The van der Waals surface area contributed by atoms with Gasteiger partial charge in [-0.15, -0.1) is 0 Å². The molecule has 1 atom stereocenters. The average molecular weight is 502 g/mol. The number of carbonyl (C=O) groups is 1. The number of aromatic nitrogens is 3. The molecule has 3 aromatic rings. The Morgan fingerprint density at radius 2 is 1.89 bits per heavy atom. The van der Waals surface area contributed by atoms with Crippen molar-refractivity contribution in [2.24, 2.45) is 4.99 Å². The number of alkyl halides is 3. The summed E-state index contributed by atoms with van der Waals surface area (Å²) in [7, 11) is 0. The Labute approximate surface area is 205 Å². The fraction of sp³-hybridized carbons (Fsp3) is 0.462. The highest BCUT2D eigenvalue weighted by atomic mass is 19.3. The van der Waals surface area contributed by atoms with E-state index in [9.17, 15) is 18.0 Å². The number of halogens is 4. The number of piperidine rings is 1. The van der Waals surface area contributed by atoms with Crippen LogP contribution in [0.25, 0.3) is 10.9 Å². The maximum absolute atomic E-state index is 16.0. The normalized spacial score (nSPS) is 18.6. The molecule has 36 heavy (non-hydrogen) atoms. The molecule has 0 N–H and O–H groups in total. The van der Waals surface area contributed by atoms with Gasteiger partial charge in [0.2, 0.25) is 5.91 Å². The van der Waals surface area contributed by atoms with Crippen LogP contribution in [-0.2, 0) is 23.4 Å². The lowest BCUT2D eigenvalue weighted by Gasteiger charge is -2.35. The van der Waals surface area contributed by atoms with Gasteiger partial charge in [0.05, 0.1) is 29.0 Å². The fourth-order valence-corrected chi connectivity index (χ4v) is 5.15. The highest BCUT2D eigenvalue weighted by molar-refractivity contribution is 5.78. The monoisotopic (exact) mass is 501 g/mol. The minimum atomic E-state index is -2.93. The summed E-state index contributed by atoms with van der Waals surface area (Å²) in [6.07, 6.45) is 0.577. The molecule has 1 saturated heterocycles. The summed E-state index contributed by atoms with van der Waals surface area (Å²) in [6, 6.07) is 4.74. The van der Waals surface area contributed by atoms with Crippen LogP contribution < -0.4 is 5.49 Å². The third kappa shape index (κ3) is 4.26. The van der Waals surface area contributed by atoms with Crippen LogP contribution in [0.2, 0.25) is 0 Å². The Hall–Kier alpha value is -3.30. The zero-order valence-electron chi connectivity index (χ0n) is 20.1. The number of hydrogen-bond donors (Lipinski definition) is 0. The standard InChI is InChI=1S/C26H27F4N5O/c1-15(17-5-3-6-18(23(17)27)24(28)29)32-25-19-13-21(26(30)8-11-34(12-9-26)16(2)36)31-14-20(19)35-10-4-7-22(35)33-25/h3,5-6,13-15,24H,4,7-12H2,1-2H3/b32-25-. The van der Waals surface area contributed by atoms with Gasteiger partial charge in [-0.1, -0.05) is 18.2 Å². The summed E-state index contributed by atoms with van der Waals surface area (Å²) in [4.78, 5) is 27.1. The molecule has 10 heteroatoms. The first-order valence-electron chi connectivity index (χ1n) is 12.1. The van der Waals surface area contributed by atoms with Crippen molar-refractivity contribution in [1.82, 2.24) is 19.4 Å². The summed E-state index contributed by atoms with van der Waals surface area (Å²) in [5, 5.41) is 0.578. The third-order valence-corrected chi connectivity index (χ3v) is 7.26. The number of hydrogen-bond acceptors (Lipinski definition) is 4. The van der Waals surface area contributed by atoms with Crippen LogP contribution in [0.4, 0.5) is 17.6 Å². The Morgan fingerprint density at radius 3 is 2.58 bits per heavy atom. The molecule has 1 unspecified atom stereocenters. The van der Waals surface area contributed by atoms with Crippen molar-refractivity contribution in [3.8, 4) is 0 Å². The van der Waals surface area contributed by atoms with Crippen molar-refractivity contribution in [3.63, 3.8) is 0 Å². The molecule has 1 amide bonds. The first-order valence-corrected chi connectivity index (χ1v) is 12.1. The van der Waals surface area contributed by atoms with E-state index >= 15 is 4.39 Å². The van der Waals surface area contributed by atoms with Crippen molar-refractivity contribution in [2.45, 2.75) is 64.2 Å². The summed E-state index contributed by atoms with van der Waals surface area (Å²) >= 11 is 0. The van der Waals surface area contributed by atoms with E-state index in [1.54, 1.807) is 24.1 Å². The van der Waals surface area contributed by atoms with Gasteiger partial charge in [0.25, 0.3) is 6.43 Å². The zero-order chi connectivity index (χ0) is 25.6. The number of pyridine rings is 1. The molecule has 2 aliphatic heterocycles. The van der Waals surface area contributed by atoms with Crippen molar-refractivity contribution in [3.05, 3.63) is 64.4 Å².